The minimum absolute atomic E-state index is 0.808. The van der Waals surface area contributed by atoms with Crippen LogP contribution in [0.4, 0.5) is 17.1 Å². The summed E-state index contributed by atoms with van der Waals surface area (Å²) in [5.74, 6) is 0.808. The van der Waals surface area contributed by atoms with Gasteiger partial charge in [-0.1, -0.05) is 18.2 Å². The average Bonchev–Trinajstić information content (AvgIpc) is 2.46. The maximum absolute atomic E-state index is 5.22. The van der Waals surface area contributed by atoms with Crippen LogP contribution >= 0.6 is 0 Å². The first kappa shape index (κ1) is 13.1. The van der Waals surface area contributed by atoms with Gasteiger partial charge >= 0.3 is 0 Å². The summed E-state index contributed by atoms with van der Waals surface area (Å²) in [5.41, 5.74) is 2.62. The van der Waals surface area contributed by atoms with Gasteiger partial charge in [-0.15, -0.1) is 5.11 Å². The molecule has 19 heavy (non-hydrogen) atoms. The SMILES string of the molecule is COc1ccc(N=Nc2ccccc2)c(N(C)C)c1. The summed E-state index contributed by atoms with van der Waals surface area (Å²) >= 11 is 0. The molecule has 0 saturated carbocycles. The lowest BCUT2D eigenvalue weighted by Crippen LogP contribution is -2.08. The molecule has 0 spiro atoms. The smallest absolute Gasteiger partial charge is 0.121 e. The van der Waals surface area contributed by atoms with Crippen LogP contribution in [0.15, 0.2) is 58.8 Å². The first-order chi connectivity index (χ1) is 9.20. The summed E-state index contributed by atoms with van der Waals surface area (Å²) in [6.45, 7) is 0. The molecular formula is C15H17N3O. The van der Waals surface area contributed by atoms with Crippen molar-refractivity contribution >= 4 is 17.1 Å². The van der Waals surface area contributed by atoms with Gasteiger partial charge in [-0.3, -0.25) is 0 Å². The number of benzene rings is 2. The van der Waals surface area contributed by atoms with Crippen LogP contribution in [0.1, 0.15) is 0 Å². The Morgan fingerprint density at radius 1 is 0.947 bits per heavy atom. The Morgan fingerprint density at radius 3 is 2.32 bits per heavy atom. The van der Waals surface area contributed by atoms with Gasteiger partial charge in [0.25, 0.3) is 0 Å². The van der Waals surface area contributed by atoms with Gasteiger partial charge in [0.15, 0.2) is 0 Å². The summed E-state index contributed by atoms with van der Waals surface area (Å²) in [6, 6.07) is 15.4. The van der Waals surface area contributed by atoms with Gasteiger partial charge < -0.3 is 9.64 Å². The Labute approximate surface area is 113 Å². The fraction of sp³-hybridized carbons (Fsp3) is 0.200. The molecule has 0 aromatic heterocycles. The lowest BCUT2D eigenvalue weighted by atomic mass is 10.2. The predicted molar refractivity (Wildman–Crippen MR) is 77.9 cm³/mol. The number of hydrogen-bond acceptors (Lipinski definition) is 4. The van der Waals surface area contributed by atoms with Crippen molar-refractivity contribution in [2.45, 2.75) is 0 Å². The fourth-order valence-electron chi connectivity index (χ4n) is 1.68. The molecule has 0 unspecified atom stereocenters. The summed E-state index contributed by atoms with van der Waals surface area (Å²) in [6.07, 6.45) is 0. The minimum Gasteiger partial charge on any atom is -0.497 e. The molecule has 0 aliphatic rings. The van der Waals surface area contributed by atoms with Crippen LogP contribution in [0.2, 0.25) is 0 Å². The molecule has 0 atom stereocenters. The zero-order valence-electron chi connectivity index (χ0n) is 11.4. The zero-order valence-corrected chi connectivity index (χ0v) is 11.4. The maximum Gasteiger partial charge on any atom is 0.121 e. The largest absolute Gasteiger partial charge is 0.497 e. The van der Waals surface area contributed by atoms with Crippen LogP contribution in [0.3, 0.4) is 0 Å². The highest BCUT2D eigenvalue weighted by Gasteiger charge is 2.05. The molecule has 0 aliphatic heterocycles. The summed E-state index contributed by atoms with van der Waals surface area (Å²) < 4.78 is 5.22. The zero-order chi connectivity index (χ0) is 13.7. The van der Waals surface area contributed by atoms with Crippen LogP contribution < -0.4 is 9.64 Å². The normalized spacial score (nSPS) is 10.7. The molecule has 0 fully saturated rings. The second-order valence-corrected chi connectivity index (χ2v) is 4.28. The van der Waals surface area contributed by atoms with Crippen LogP contribution in [0.25, 0.3) is 0 Å². The van der Waals surface area contributed by atoms with Crippen LogP contribution in [0, 0.1) is 0 Å². The highest BCUT2D eigenvalue weighted by Crippen LogP contribution is 2.32. The predicted octanol–water partition coefficient (Wildman–Crippen LogP) is 4.18. The molecule has 0 aliphatic carbocycles. The summed E-state index contributed by atoms with van der Waals surface area (Å²) in [4.78, 5) is 1.99. The topological polar surface area (TPSA) is 37.2 Å². The van der Waals surface area contributed by atoms with E-state index in [1.807, 2.05) is 67.5 Å². The van der Waals surface area contributed by atoms with E-state index in [0.717, 1.165) is 22.8 Å². The number of rotatable bonds is 4. The quantitative estimate of drug-likeness (QED) is 0.769. The lowest BCUT2D eigenvalue weighted by molar-refractivity contribution is 0.415. The fourth-order valence-corrected chi connectivity index (χ4v) is 1.68. The van der Waals surface area contributed by atoms with E-state index >= 15 is 0 Å². The van der Waals surface area contributed by atoms with Crippen molar-refractivity contribution in [3.63, 3.8) is 0 Å². The first-order valence-electron chi connectivity index (χ1n) is 6.03. The molecular weight excluding hydrogens is 238 g/mol. The molecule has 0 radical (unpaired) electrons. The molecule has 0 heterocycles. The van der Waals surface area contributed by atoms with E-state index in [4.69, 9.17) is 4.74 Å². The average molecular weight is 255 g/mol. The molecule has 98 valence electrons. The molecule has 2 rings (SSSR count). The van der Waals surface area contributed by atoms with E-state index in [-0.39, 0.29) is 0 Å². The number of ether oxygens (including phenoxy) is 1. The Morgan fingerprint density at radius 2 is 1.68 bits per heavy atom. The molecule has 0 N–H and O–H groups in total. The Kier molecular flexibility index (Phi) is 4.13. The molecule has 2 aromatic carbocycles. The van der Waals surface area contributed by atoms with Crippen LogP contribution in [-0.2, 0) is 0 Å². The van der Waals surface area contributed by atoms with E-state index in [1.54, 1.807) is 7.11 Å². The molecule has 0 amide bonds. The Balaban J connectivity index is 2.32. The Hall–Kier alpha value is -2.36. The highest BCUT2D eigenvalue weighted by molar-refractivity contribution is 5.68. The van der Waals surface area contributed by atoms with E-state index in [9.17, 15) is 0 Å². The number of anilines is 1. The van der Waals surface area contributed by atoms with Crippen molar-refractivity contribution < 1.29 is 4.74 Å². The van der Waals surface area contributed by atoms with E-state index in [2.05, 4.69) is 10.2 Å². The van der Waals surface area contributed by atoms with E-state index < -0.39 is 0 Å². The molecule has 2 aromatic rings. The van der Waals surface area contributed by atoms with Gasteiger partial charge in [0.1, 0.15) is 11.4 Å². The van der Waals surface area contributed by atoms with Gasteiger partial charge in [0, 0.05) is 20.2 Å². The van der Waals surface area contributed by atoms with Crippen molar-refractivity contribution in [2.75, 3.05) is 26.1 Å². The first-order valence-corrected chi connectivity index (χ1v) is 6.03. The van der Waals surface area contributed by atoms with Gasteiger partial charge in [0.2, 0.25) is 0 Å². The number of methoxy groups -OCH3 is 1. The third kappa shape index (κ3) is 3.31. The van der Waals surface area contributed by atoms with Crippen molar-refractivity contribution in [1.82, 2.24) is 0 Å². The molecule has 4 nitrogen and oxygen atoms in total. The third-order valence-electron chi connectivity index (χ3n) is 2.69. The number of nitrogens with zero attached hydrogens (tertiary/aromatic N) is 3. The van der Waals surface area contributed by atoms with Crippen molar-refractivity contribution in [2.24, 2.45) is 10.2 Å². The summed E-state index contributed by atoms with van der Waals surface area (Å²) in [7, 11) is 5.59. The molecule has 4 heteroatoms. The monoisotopic (exact) mass is 255 g/mol. The van der Waals surface area contributed by atoms with E-state index in [0.29, 0.717) is 0 Å². The lowest BCUT2D eigenvalue weighted by Gasteiger charge is -2.15. The van der Waals surface area contributed by atoms with Crippen LogP contribution in [-0.4, -0.2) is 21.2 Å². The van der Waals surface area contributed by atoms with Gasteiger partial charge in [-0.05, 0) is 24.3 Å². The van der Waals surface area contributed by atoms with Crippen molar-refractivity contribution in [3.8, 4) is 5.75 Å². The van der Waals surface area contributed by atoms with Gasteiger partial charge in [-0.25, -0.2) is 0 Å². The number of azo groups is 1. The minimum atomic E-state index is 0.808. The van der Waals surface area contributed by atoms with E-state index in [1.165, 1.54) is 0 Å². The Bertz CT molecular complexity index is 565. The van der Waals surface area contributed by atoms with Crippen molar-refractivity contribution in [1.29, 1.82) is 0 Å². The van der Waals surface area contributed by atoms with Crippen molar-refractivity contribution in [3.05, 3.63) is 48.5 Å². The second-order valence-electron chi connectivity index (χ2n) is 4.28. The standard InChI is InChI=1S/C15H17N3O/c1-18(2)15-11-13(19-3)9-10-14(15)17-16-12-7-5-4-6-8-12/h4-11H,1-3H3. The maximum atomic E-state index is 5.22. The second kappa shape index (κ2) is 6.00. The molecule has 0 saturated heterocycles. The van der Waals surface area contributed by atoms with Gasteiger partial charge in [0.05, 0.1) is 18.5 Å². The number of hydrogen-bond donors (Lipinski definition) is 0. The van der Waals surface area contributed by atoms with Crippen LogP contribution in [0.5, 0.6) is 5.75 Å². The summed E-state index contributed by atoms with van der Waals surface area (Å²) in [5, 5.41) is 8.53. The highest BCUT2D eigenvalue weighted by atomic mass is 16.5. The van der Waals surface area contributed by atoms with Gasteiger partial charge in [-0.2, -0.15) is 5.11 Å². The third-order valence-corrected chi connectivity index (χ3v) is 2.69. The molecule has 0 bridgehead atoms.